The topological polar surface area (TPSA) is 74.3 Å². The Morgan fingerprint density at radius 3 is 2.83 bits per heavy atom. The van der Waals surface area contributed by atoms with Gasteiger partial charge in [0.2, 0.25) is 0 Å². The SMILES string of the molecule is Cc1cc(C(=O)N2CCNCC2)c(NC(=O)c2cccnc2)s1. The number of aryl methyl sites for hydroxylation is 1. The highest BCUT2D eigenvalue weighted by atomic mass is 32.1. The van der Waals surface area contributed by atoms with Crippen molar-refractivity contribution in [3.05, 3.63) is 46.6 Å². The van der Waals surface area contributed by atoms with Crippen LogP contribution in [0.3, 0.4) is 0 Å². The average Bonchev–Trinajstić information content (AvgIpc) is 2.96. The van der Waals surface area contributed by atoms with Crippen molar-refractivity contribution in [1.29, 1.82) is 0 Å². The number of carbonyl (C=O) groups is 2. The fraction of sp³-hybridized carbons (Fsp3) is 0.312. The molecule has 0 aliphatic carbocycles. The lowest BCUT2D eigenvalue weighted by atomic mass is 10.2. The minimum absolute atomic E-state index is 0.0302. The molecule has 23 heavy (non-hydrogen) atoms. The van der Waals surface area contributed by atoms with Gasteiger partial charge in [-0.25, -0.2) is 0 Å². The second-order valence-electron chi connectivity index (χ2n) is 5.34. The summed E-state index contributed by atoms with van der Waals surface area (Å²) in [5.74, 6) is -0.286. The Hall–Kier alpha value is -2.25. The molecule has 2 N–H and O–H groups in total. The lowest BCUT2D eigenvalue weighted by Gasteiger charge is -2.27. The zero-order valence-electron chi connectivity index (χ0n) is 12.8. The molecule has 0 spiro atoms. The first-order valence-corrected chi connectivity index (χ1v) is 8.28. The first-order valence-electron chi connectivity index (χ1n) is 7.47. The maximum absolute atomic E-state index is 12.7. The number of anilines is 1. The maximum atomic E-state index is 12.7. The van der Waals surface area contributed by atoms with E-state index in [0.29, 0.717) is 29.2 Å². The fourth-order valence-corrected chi connectivity index (χ4v) is 3.38. The van der Waals surface area contributed by atoms with Gasteiger partial charge in [0.05, 0.1) is 11.1 Å². The molecular formula is C16H18N4O2S. The van der Waals surface area contributed by atoms with Gasteiger partial charge in [0.25, 0.3) is 11.8 Å². The quantitative estimate of drug-likeness (QED) is 0.899. The smallest absolute Gasteiger partial charge is 0.257 e. The lowest BCUT2D eigenvalue weighted by molar-refractivity contribution is 0.0737. The van der Waals surface area contributed by atoms with E-state index in [-0.39, 0.29) is 11.8 Å². The van der Waals surface area contributed by atoms with Crippen molar-refractivity contribution in [1.82, 2.24) is 15.2 Å². The van der Waals surface area contributed by atoms with E-state index < -0.39 is 0 Å². The third-order valence-electron chi connectivity index (χ3n) is 3.64. The van der Waals surface area contributed by atoms with Gasteiger partial charge in [-0.3, -0.25) is 14.6 Å². The van der Waals surface area contributed by atoms with Gasteiger partial charge in [-0.15, -0.1) is 11.3 Å². The Balaban J connectivity index is 1.80. The van der Waals surface area contributed by atoms with Crippen molar-refractivity contribution in [2.45, 2.75) is 6.92 Å². The molecule has 6 nitrogen and oxygen atoms in total. The zero-order valence-corrected chi connectivity index (χ0v) is 13.7. The minimum atomic E-state index is -0.255. The Morgan fingerprint density at radius 2 is 2.13 bits per heavy atom. The van der Waals surface area contributed by atoms with Crippen LogP contribution in [-0.2, 0) is 0 Å². The molecule has 1 saturated heterocycles. The first-order chi connectivity index (χ1) is 11.1. The molecule has 0 unspecified atom stereocenters. The van der Waals surface area contributed by atoms with Crippen LogP contribution in [0, 0.1) is 6.92 Å². The molecule has 0 saturated carbocycles. The molecule has 0 aromatic carbocycles. The van der Waals surface area contributed by atoms with Gasteiger partial charge in [0.15, 0.2) is 0 Å². The van der Waals surface area contributed by atoms with E-state index in [1.54, 1.807) is 18.3 Å². The van der Waals surface area contributed by atoms with Crippen molar-refractivity contribution >= 4 is 28.2 Å². The van der Waals surface area contributed by atoms with Crippen molar-refractivity contribution in [2.24, 2.45) is 0 Å². The van der Waals surface area contributed by atoms with Gasteiger partial charge in [0.1, 0.15) is 5.00 Å². The summed E-state index contributed by atoms with van der Waals surface area (Å²) in [5.41, 5.74) is 1.03. The van der Waals surface area contributed by atoms with Crippen molar-refractivity contribution < 1.29 is 9.59 Å². The molecule has 2 aromatic rings. The second kappa shape index (κ2) is 6.89. The molecule has 1 fully saturated rings. The Kier molecular flexibility index (Phi) is 4.68. The predicted octanol–water partition coefficient (Wildman–Crippen LogP) is 1.75. The van der Waals surface area contributed by atoms with E-state index >= 15 is 0 Å². The number of nitrogens with zero attached hydrogens (tertiary/aromatic N) is 2. The summed E-state index contributed by atoms with van der Waals surface area (Å²) < 4.78 is 0. The van der Waals surface area contributed by atoms with Gasteiger partial charge < -0.3 is 15.5 Å². The largest absolute Gasteiger partial charge is 0.336 e. The standard InChI is InChI=1S/C16H18N4O2S/c1-11-9-13(16(22)20-7-5-17-6-8-20)15(23-11)19-14(21)12-3-2-4-18-10-12/h2-4,9-10,17H,5-8H2,1H3,(H,19,21). The molecule has 3 heterocycles. The summed E-state index contributed by atoms with van der Waals surface area (Å²) in [5, 5.41) is 6.67. The summed E-state index contributed by atoms with van der Waals surface area (Å²) in [6, 6.07) is 5.25. The average molecular weight is 330 g/mol. The third kappa shape index (κ3) is 3.57. The van der Waals surface area contributed by atoms with Gasteiger partial charge in [-0.05, 0) is 25.1 Å². The van der Waals surface area contributed by atoms with Crippen molar-refractivity contribution in [3.63, 3.8) is 0 Å². The summed E-state index contributed by atoms with van der Waals surface area (Å²) in [6.45, 7) is 4.89. The van der Waals surface area contributed by atoms with E-state index in [4.69, 9.17) is 0 Å². The van der Waals surface area contributed by atoms with Gasteiger partial charge in [0, 0.05) is 43.4 Å². The second-order valence-corrected chi connectivity index (χ2v) is 6.59. The molecule has 0 radical (unpaired) electrons. The normalized spacial score (nSPS) is 14.6. The molecule has 0 bridgehead atoms. The van der Waals surface area contributed by atoms with Crippen LogP contribution >= 0.6 is 11.3 Å². The number of thiophene rings is 1. The van der Waals surface area contributed by atoms with Crippen LogP contribution in [0.15, 0.2) is 30.6 Å². The Labute approximate surface area is 138 Å². The van der Waals surface area contributed by atoms with Gasteiger partial charge >= 0.3 is 0 Å². The van der Waals surface area contributed by atoms with Gasteiger partial charge in [-0.2, -0.15) is 0 Å². The summed E-state index contributed by atoms with van der Waals surface area (Å²) >= 11 is 1.41. The fourth-order valence-electron chi connectivity index (χ4n) is 2.48. The number of amides is 2. The van der Waals surface area contributed by atoms with Crippen LogP contribution in [0.5, 0.6) is 0 Å². The Bertz CT molecular complexity index is 708. The van der Waals surface area contributed by atoms with Crippen LogP contribution in [0.1, 0.15) is 25.6 Å². The van der Waals surface area contributed by atoms with Crippen LogP contribution in [-0.4, -0.2) is 47.9 Å². The molecule has 1 aliphatic heterocycles. The molecule has 0 atom stereocenters. The molecule has 7 heteroatoms. The van der Waals surface area contributed by atoms with Crippen LogP contribution in [0.25, 0.3) is 0 Å². The van der Waals surface area contributed by atoms with Crippen molar-refractivity contribution in [3.8, 4) is 0 Å². The highest BCUT2D eigenvalue weighted by molar-refractivity contribution is 7.16. The number of aromatic nitrogens is 1. The van der Waals surface area contributed by atoms with Crippen LogP contribution in [0.4, 0.5) is 5.00 Å². The number of nitrogens with one attached hydrogen (secondary N) is 2. The number of hydrogen-bond acceptors (Lipinski definition) is 5. The van der Waals surface area contributed by atoms with Gasteiger partial charge in [-0.1, -0.05) is 0 Å². The molecular weight excluding hydrogens is 312 g/mol. The Morgan fingerprint density at radius 1 is 1.35 bits per heavy atom. The number of hydrogen-bond donors (Lipinski definition) is 2. The molecule has 3 rings (SSSR count). The van der Waals surface area contributed by atoms with E-state index in [1.807, 2.05) is 17.9 Å². The van der Waals surface area contributed by atoms with E-state index in [0.717, 1.165) is 18.0 Å². The molecule has 120 valence electrons. The predicted molar refractivity (Wildman–Crippen MR) is 90.0 cm³/mol. The molecule has 2 aromatic heterocycles. The van der Waals surface area contributed by atoms with Crippen LogP contribution < -0.4 is 10.6 Å². The van der Waals surface area contributed by atoms with E-state index in [1.165, 1.54) is 17.5 Å². The van der Waals surface area contributed by atoms with Crippen LogP contribution in [0.2, 0.25) is 0 Å². The summed E-state index contributed by atoms with van der Waals surface area (Å²) in [6.07, 6.45) is 3.12. The monoisotopic (exact) mass is 330 g/mol. The highest BCUT2D eigenvalue weighted by Gasteiger charge is 2.23. The third-order valence-corrected chi connectivity index (χ3v) is 4.61. The number of carbonyl (C=O) groups excluding carboxylic acids is 2. The first kappa shape index (κ1) is 15.6. The van der Waals surface area contributed by atoms with E-state index in [9.17, 15) is 9.59 Å². The summed E-state index contributed by atoms with van der Waals surface area (Å²) in [4.78, 5) is 31.7. The number of pyridine rings is 1. The molecule has 1 aliphatic rings. The number of rotatable bonds is 3. The lowest BCUT2D eigenvalue weighted by Crippen LogP contribution is -2.46. The minimum Gasteiger partial charge on any atom is -0.336 e. The van der Waals surface area contributed by atoms with E-state index in [2.05, 4.69) is 15.6 Å². The number of piperazine rings is 1. The molecule has 2 amide bonds. The van der Waals surface area contributed by atoms with Crippen molar-refractivity contribution in [2.75, 3.05) is 31.5 Å². The summed E-state index contributed by atoms with van der Waals surface area (Å²) in [7, 11) is 0. The maximum Gasteiger partial charge on any atom is 0.257 e. The highest BCUT2D eigenvalue weighted by Crippen LogP contribution is 2.29. The zero-order chi connectivity index (χ0) is 16.2.